The molecule has 0 amide bonds. The quantitative estimate of drug-likeness (QED) is 0.851. The Morgan fingerprint density at radius 2 is 2.26 bits per heavy atom. The summed E-state index contributed by atoms with van der Waals surface area (Å²) in [5, 5.41) is 10.2. The van der Waals surface area contributed by atoms with Crippen LogP contribution in [0.1, 0.15) is 5.69 Å². The summed E-state index contributed by atoms with van der Waals surface area (Å²) < 4.78 is 26.1. The van der Waals surface area contributed by atoms with Crippen LogP contribution in [-0.4, -0.2) is 29.5 Å². The van der Waals surface area contributed by atoms with Crippen molar-refractivity contribution in [2.24, 2.45) is 0 Å². The molecule has 0 fully saturated rings. The Hall–Kier alpha value is -2.00. The Labute approximate surface area is 113 Å². The molecule has 0 bridgehead atoms. The lowest BCUT2D eigenvalue weighted by Gasteiger charge is -2.03. The predicted molar refractivity (Wildman–Crippen MR) is 68.5 cm³/mol. The van der Waals surface area contributed by atoms with E-state index in [1.165, 1.54) is 29.9 Å². The zero-order chi connectivity index (χ0) is 13.9. The number of anilines is 1. The minimum atomic E-state index is -3.74. The van der Waals surface area contributed by atoms with E-state index in [4.69, 9.17) is 5.11 Å². The molecule has 0 aromatic carbocycles. The molecule has 7 nitrogen and oxygen atoms in total. The molecule has 2 rings (SSSR count). The van der Waals surface area contributed by atoms with E-state index in [1.54, 1.807) is 0 Å². The zero-order valence-corrected chi connectivity index (χ0v) is 11.1. The van der Waals surface area contributed by atoms with Gasteiger partial charge in [-0.05, 0) is 12.1 Å². The van der Waals surface area contributed by atoms with Crippen LogP contribution in [0.3, 0.4) is 0 Å². The lowest BCUT2D eigenvalue weighted by molar-refractivity contribution is -0.136. The van der Waals surface area contributed by atoms with Crippen molar-refractivity contribution in [1.82, 2.24) is 9.97 Å². The smallest absolute Gasteiger partial charge is 0.309 e. The Balaban J connectivity index is 2.17. The van der Waals surface area contributed by atoms with Crippen LogP contribution in [0.4, 0.5) is 5.13 Å². The maximum Gasteiger partial charge on any atom is 0.309 e. The molecule has 0 saturated carbocycles. The van der Waals surface area contributed by atoms with E-state index in [1.807, 2.05) is 0 Å². The topological polar surface area (TPSA) is 109 Å². The van der Waals surface area contributed by atoms with Crippen molar-refractivity contribution in [3.05, 3.63) is 35.6 Å². The number of nitrogens with one attached hydrogen (secondary N) is 1. The van der Waals surface area contributed by atoms with E-state index in [2.05, 4.69) is 14.7 Å². The first kappa shape index (κ1) is 13.4. The van der Waals surface area contributed by atoms with Crippen LogP contribution in [-0.2, 0) is 21.2 Å². The second kappa shape index (κ2) is 5.33. The van der Waals surface area contributed by atoms with Gasteiger partial charge in [-0.25, -0.2) is 13.4 Å². The van der Waals surface area contributed by atoms with Crippen molar-refractivity contribution >= 4 is 32.5 Å². The van der Waals surface area contributed by atoms with Gasteiger partial charge in [-0.2, -0.15) is 0 Å². The number of thiazole rings is 1. The van der Waals surface area contributed by atoms with Gasteiger partial charge < -0.3 is 5.11 Å². The molecule has 0 saturated heterocycles. The van der Waals surface area contributed by atoms with Crippen molar-refractivity contribution in [1.29, 1.82) is 0 Å². The van der Waals surface area contributed by atoms with Gasteiger partial charge in [-0.3, -0.25) is 14.5 Å². The standard InChI is InChI=1S/C10H9N3O4S2/c14-9(15)4-7-6-18-10(12-7)13-19(16,17)8-2-1-3-11-5-8/h1-3,5-6H,4H2,(H,12,13)(H,14,15). The highest BCUT2D eigenvalue weighted by Crippen LogP contribution is 2.19. The average Bonchev–Trinajstić information content (AvgIpc) is 2.76. The van der Waals surface area contributed by atoms with E-state index in [-0.39, 0.29) is 16.4 Å². The van der Waals surface area contributed by atoms with Crippen LogP contribution in [0, 0.1) is 0 Å². The van der Waals surface area contributed by atoms with Crippen molar-refractivity contribution in [3.63, 3.8) is 0 Å². The SMILES string of the molecule is O=C(O)Cc1csc(NS(=O)(=O)c2cccnc2)n1. The fourth-order valence-corrected chi connectivity index (χ4v) is 3.20. The summed E-state index contributed by atoms with van der Waals surface area (Å²) in [5.74, 6) is -1.02. The first-order valence-electron chi connectivity index (χ1n) is 5.06. The summed E-state index contributed by atoms with van der Waals surface area (Å²) in [6, 6.07) is 2.91. The Morgan fingerprint density at radius 3 is 2.89 bits per heavy atom. The number of carboxylic acid groups (broad SMARTS) is 1. The molecule has 100 valence electrons. The normalized spacial score (nSPS) is 11.2. The van der Waals surface area contributed by atoms with Gasteiger partial charge >= 0.3 is 5.97 Å². The molecule has 0 radical (unpaired) electrons. The lowest BCUT2D eigenvalue weighted by atomic mass is 10.3. The van der Waals surface area contributed by atoms with Crippen LogP contribution >= 0.6 is 11.3 Å². The molecule has 0 unspecified atom stereocenters. The molecule has 19 heavy (non-hydrogen) atoms. The number of carbonyl (C=O) groups is 1. The van der Waals surface area contributed by atoms with Crippen molar-refractivity contribution in [2.45, 2.75) is 11.3 Å². The summed E-state index contributed by atoms with van der Waals surface area (Å²) in [4.78, 5) is 18.1. The number of rotatable bonds is 5. The van der Waals surface area contributed by atoms with E-state index >= 15 is 0 Å². The zero-order valence-electron chi connectivity index (χ0n) is 9.48. The summed E-state index contributed by atoms with van der Waals surface area (Å²) in [6.45, 7) is 0. The Morgan fingerprint density at radius 1 is 1.47 bits per heavy atom. The summed E-state index contributed by atoms with van der Waals surface area (Å²) in [5.41, 5.74) is 0.307. The van der Waals surface area contributed by atoms with Crippen molar-refractivity contribution < 1.29 is 18.3 Å². The van der Waals surface area contributed by atoms with Crippen LogP contribution in [0.5, 0.6) is 0 Å². The molecule has 0 aliphatic heterocycles. The number of hydrogen-bond acceptors (Lipinski definition) is 6. The van der Waals surface area contributed by atoms with Gasteiger partial charge in [-0.1, -0.05) is 0 Å². The van der Waals surface area contributed by atoms with E-state index in [0.29, 0.717) is 5.69 Å². The van der Waals surface area contributed by atoms with Gasteiger partial charge in [0, 0.05) is 17.8 Å². The van der Waals surface area contributed by atoms with Crippen LogP contribution in [0.25, 0.3) is 0 Å². The fraction of sp³-hybridized carbons (Fsp3) is 0.100. The molecule has 0 spiro atoms. The number of hydrogen-bond donors (Lipinski definition) is 2. The Bertz CT molecular complexity index is 682. The maximum absolute atomic E-state index is 11.9. The number of aliphatic carboxylic acids is 1. The molecular formula is C10H9N3O4S2. The van der Waals surface area contributed by atoms with Crippen LogP contribution in [0.15, 0.2) is 34.8 Å². The Kier molecular flexibility index (Phi) is 3.76. The van der Waals surface area contributed by atoms with Gasteiger partial charge in [-0.15, -0.1) is 11.3 Å². The van der Waals surface area contributed by atoms with Crippen LogP contribution < -0.4 is 4.72 Å². The number of sulfonamides is 1. The number of carboxylic acids is 1. The third kappa shape index (κ3) is 3.48. The largest absolute Gasteiger partial charge is 0.481 e. The summed E-state index contributed by atoms with van der Waals surface area (Å²) in [6.07, 6.45) is 2.44. The van der Waals surface area contributed by atoms with E-state index in [9.17, 15) is 13.2 Å². The van der Waals surface area contributed by atoms with E-state index in [0.717, 1.165) is 11.3 Å². The first-order chi connectivity index (χ1) is 8.97. The van der Waals surface area contributed by atoms with Crippen LogP contribution in [0.2, 0.25) is 0 Å². The lowest BCUT2D eigenvalue weighted by Crippen LogP contribution is -2.13. The van der Waals surface area contributed by atoms with Gasteiger partial charge in [0.1, 0.15) is 4.90 Å². The highest BCUT2D eigenvalue weighted by atomic mass is 32.2. The summed E-state index contributed by atoms with van der Waals surface area (Å²) >= 11 is 1.03. The van der Waals surface area contributed by atoms with Crippen molar-refractivity contribution in [2.75, 3.05) is 4.72 Å². The second-order valence-corrected chi connectivity index (χ2v) is 6.05. The predicted octanol–water partition coefficient (Wildman–Crippen LogP) is 0.966. The molecule has 2 aromatic heterocycles. The maximum atomic E-state index is 11.9. The number of nitrogens with zero attached hydrogens (tertiary/aromatic N) is 2. The summed E-state index contributed by atoms with van der Waals surface area (Å²) in [7, 11) is -3.74. The molecule has 0 aliphatic carbocycles. The number of aromatic nitrogens is 2. The minimum absolute atomic E-state index is 0.0185. The molecule has 2 heterocycles. The third-order valence-corrected chi connectivity index (χ3v) is 4.31. The molecule has 0 atom stereocenters. The second-order valence-electron chi connectivity index (χ2n) is 3.51. The average molecular weight is 299 g/mol. The highest BCUT2D eigenvalue weighted by molar-refractivity contribution is 7.93. The monoisotopic (exact) mass is 299 g/mol. The molecule has 2 N–H and O–H groups in total. The molecular weight excluding hydrogens is 290 g/mol. The molecule has 0 aliphatic rings. The first-order valence-corrected chi connectivity index (χ1v) is 7.43. The van der Waals surface area contributed by atoms with Gasteiger partial charge in [0.25, 0.3) is 10.0 Å². The number of pyridine rings is 1. The van der Waals surface area contributed by atoms with Crippen molar-refractivity contribution in [3.8, 4) is 0 Å². The highest BCUT2D eigenvalue weighted by Gasteiger charge is 2.16. The molecule has 2 aromatic rings. The van der Waals surface area contributed by atoms with Gasteiger partial charge in [0.15, 0.2) is 5.13 Å². The third-order valence-electron chi connectivity index (χ3n) is 2.05. The van der Waals surface area contributed by atoms with Gasteiger partial charge in [0.2, 0.25) is 0 Å². The fourth-order valence-electron chi connectivity index (χ4n) is 1.27. The van der Waals surface area contributed by atoms with Gasteiger partial charge in [0.05, 0.1) is 12.1 Å². The minimum Gasteiger partial charge on any atom is -0.481 e. The molecule has 9 heteroatoms. The van der Waals surface area contributed by atoms with E-state index < -0.39 is 16.0 Å².